The second kappa shape index (κ2) is 6.00. The second-order valence-corrected chi connectivity index (χ2v) is 4.95. The molecule has 1 aromatic carbocycles. The summed E-state index contributed by atoms with van der Waals surface area (Å²) in [5.74, 6) is -0.462. The van der Waals surface area contributed by atoms with E-state index in [1.54, 1.807) is 12.1 Å². The fourth-order valence-electron chi connectivity index (χ4n) is 2.34. The fraction of sp³-hybridized carbons (Fsp3) is 0.500. The summed E-state index contributed by atoms with van der Waals surface area (Å²) in [6, 6.07) is 6.70. The largest absolute Gasteiger partial charge is 0.373 e. The van der Waals surface area contributed by atoms with E-state index in [1.807, 2.05) is 25.1 Å². The maximum Gasteiger partial charge on any atom is 0.143 e. The molecule has 1 aliphatic heterocycles. The monoisotopic (exact) mass is 263 g/mol. The number of hydrogen-bond donors (Lipinski definition) is 0. The van der Waals surface area contributed by atoms with Crippen molar-refractivity contribution in [2.24, 2.45) is 0 Å². The van der Waals surface area contributed by atoms with Crippen LogP contribution in [0, 0.1) is 17.1 Å². The third-order valence-corrected chi connectivity index (χ3v) is 3.15. The molecule has 0 amide bonds. The minimum absolute atomic E-state index is 0.0820. The summed E-state index contributed by atoms with van der Waals surface area (Å²) >= 11 is 0. The number of rotatable bonds is 3. The quantitative estimate of drug-likeness (QED) is 0.828. The summed E-state index contributed by atoms with van der Waals surface area (Å²) in [6.07, 6.45) is 0.0820. The van der Waals surface area contributed by atoms with Crippen LogP contribution in [-0.2, 0) is 4.74 Å². The van der Waals surface area contributed by atoms with Crippen LogP contribution in [0.3, 0.4) is 0 Å². The van der Waals surface area contributed by atoms with Crippen molar-refractivity contribution in [3.63, 3.8) is 0 Å². The lowest BCUT2D eigenvalue weighted by Gasteiger charge is -2.36. The van der Waals surface area contributed by atoms with Crippen molar-refractivity contribution >= 4 is 5.69 Å². The van der Waals surface area contributed by atoms with Crippen LogP contribution in [-0.4, -0.2) is 51.3 Å². The number of ether oxygens (including phenoxy) is 1. The molecule has 1 aromatic rings. The smallest absolute Gasteiger partial charge is 0.143 e. The lowest BCUT2D eigenvalue weighted by molar-refractivity contribution is 0.0247. The topological polar surface area (TPSA) is 39.5 Å². The standard InChI is InChI=1S/C14H18FN3O/c1-17(2)9-11-10-18(6-7-19-11)14-5-3-4-13(15)12(14)8-16/h3-5,11H,6-7,9-10H2,1-2H3. The van der Waals surface area contributed by atoms with Gasteiger partial charge in [0.05, 0.1) is 18.4 Å². The van der Waals surface area contributed by atoms with E-state index in [0.717, 1.165) is 6.54 Å². The van der Waals surface area contributed by atoms with Crippen molar-refractivity contribution in [2.45, 2.75) is 6.10 Å². The van der Waals surface area contributed by atoms with Crippen molar-refractivity contribution in [3.05, 3.63) is 29.6 Å². The average molecular weight is 263 g/mol. The first-order chi connectivity index (χ1) is 9.11. The Morgan fingerprint density at radius 3 is 3.00 bits per heavy atom. The zero-order valence-electron chi connectivity index (χ0n) is 11.3. The van der Waals surface area contributed by atoms with Crippen molar-refractivity contribution < 1.29 is 9.13 Å². The van der Waals surface area contributed by atoms with Gasteiger partial charge in [-0.05, 0) is 26.2 Å². The molecule has 0 aromatic heterocycles. The van der Waals surface area contributed by atoms with E-state index in [9.17, 15) is 4.39 Å². The Morgan fingerprint density at radius 2 is 2.32 bits per heavy atom. The van der Waals surface area contributed by atoms with Crippen molar-refractivity contribution in [3.8, 4) is 6.07 Å². The predicted octanol–water partition coefficient (Wildman–Crippen LogP) is 1.46. The Labute approximate surface area is 113 Å². The van der Waals surface area contributed by atoms with Gasteiger partial charge in [-0.1, -0.05) is 6.07 Å². The van der Waals surface area contributed by atoms with E-state index in [1.165, 1.54) is 6.07 Å². The molecule has 1 unspecified atom stereocenters. The lowest BCUT2D eigenvalue weighted by Crippen LogP contribution is -2.46. The normalized spacial score (nSPS) is 19.5. The summed E-state index contributed by atoms with van der Waals surface area (Å²) < 4.78 is 19.3. The molecular formula is C14H18FN3O. The molecule has 0 spiro atoms. The summed E-state index contributed by atoms with van der Waals surface area (Å²) in [4.78, 5) is 4.09. The number of anilines is 1. The Kier molecular flexibility index (Phi) is 4.35. The molecule has 1 saturated heterocycles. The first-order valence-corrected chi connectivity index (χ1v) is 6.31. The van der Waals surface area contributed by atoms with Gasteiger partial charge in [-0.2, -0.15) is 5.26 Å². The van der Waals surface area contributed by atoms with Gasteiger partial charge in [0.2, 0.25) is 0 Å². The number of halogens is 1. The van der Waals surface area contributed by atoms with Gasteiger partial charge in [-0.25, -0.2) is 4.39 Å². The number of nitrogens with zero attached hydrogens (tertiary/aromatic N) is 3. The van der Waals surface area contributed by atoms with E-state index in [2.05, 4.69) is 4.90 Å². The molecule has 1 aliphatic rings. The summed E-state index contributed by atoms with van der Waals surface area (Å²) in [5.41, 5.74) is 0.780. The molecule has 5 heteroatoms. The van der Waals surface area contributed by atoms with Crippen LogP contribution in [0.25, 0.3) is 0 Å². The number of benzene rings is 1. The molecule has 4 nitrogen and oxygen atoms in total. The molecule has 0 radical (unpaired) electrons. The van der Waals surface area contributed by atoms with Gasteiger partial charge < -0.3 is 14.5 Å². The predicted molar refractivity (Wildman–Crippen MR) is 71.6 cm³/mol. The van der Waals surface area contributed by atoms with Crippen molar-refractivity contribution in [1.29, 1.82) is 5.26 Å². The van der Waals surface area contributed by atoms with Gasteiger partial charge in [-0.3, -0.25) is 0 Å². The maximum atomic E-state index is 13.6. The second-order valence-electron chi connectivity index (χ2n) is 4.95. The van der Waals surface area contributed by atoms with Gasteiger partial charge in [0.15, 0.2) is 0 Å². The van der Waals surface area contributed by atoms with Crippen LogP contribution in [0.5, 0.6) is 0 Å². The minimum Gasteiger partial charge on any atom is -0.373 e. The molecule has 0 bridgehead atoms. The van der Waals surface area contributed by atoms with Crippen LogP contribution in [0.2, 0.25) is 0 Å². The number of likely N-dealkylation sites (N-methyl/N-ethyl adjacent to an activating group) is 1. The van der Waals surface area contributed by atoms with E-state index in [-0.39, 0.29) is 11.7 Å². The zero-order chi connectivity index (χ0) is 13.8. The molecule has 1 atom stereocenters. The highest BCUT2D eigenvalue weighted by molar-refractivity contribution is 5.60. The first kappa shape index (κ1) is 13.8. The highest BCUT2D eigenvalue weighted by Gasteiger charge is 2.23. The van der Waals surface area contributed by atoms with Gasteiger partial charge in [0, 0.05) is 19.6 Å². The third kappa shape index (κ3) is 3.22. The maximum absolute atomic E-state index is 13.6. The van der Waals surface area contributed by atoms with E-state index < -0.39 is 5.82 Å². The van der Waals surface area contributed by atoms with Gasteiger partial charge in [0.1, 0.15) is 17.4 Å². The number of morpholine rings is 1. The summed E-state index contributed by atoms with van der Waals surface area (Å²) in [6.45, 7) is 2.77. The number of nitriles is 1. The molecule has 1 heterocycles. The molecule has 0 aliphatic carbocycles. The molecule has 19 heavy (non-hydrogen) atoms. The number of hydrogen-bond acceptors (Lipinski definition) is 4. The van der Waals surface area contributed by atoms with Gasteiger partial charge >= 0.3 is 0 Å². The highest BCUT2D eigenvalue weighted by atomic mass is 19.1. The van der Waals surface area contributed by atoms with E-state index >= 15 is 0 Å². The summed E-state index contributed by atoms with van der Waals surface area (Å²) in [5, 5.41) is 9.09. The lowest BCUT2D eigenvalue weighted by atomic mass is 10.1. The molecule has 0 N–H and O–H groups in total. The molecule has 2 rings (SSSR count). The molecule has 1 fully saturated rings. The van der Waals surface area contributed by atoms with Crippen LogP contribution in [0.1, 0.15) is 5.56 Å². The van der Waals surface area contributed by atoms with E-state index in [0.29, 0.717) is 25.4 Å². The van der Waals surface area contributed by atoms with Crippen molar-refractivity contribution in [2.75, 3.05) is 45.2 Å². The average Bonchev–Trinajstić information content (AvgIpc) is 2.38. The minimum atomic E-state index is -0.462. The highest BCUT2D eigenvalue weighted by Crippen LogP contribution is 2.24. The molecule has 102 valence electrons. The Morgan fingerprint density at radius 1 is 1.53 bits per heavy atom. The SMILES string of the molecule is CN(C)CC1CN(c2cccc(F)c2C#N)CCO1. The van der Waals surface area contributed by atoms with Gasteiger partial charge in [0.25, 0.3) is 0 Å². The van der Waals surface area contributed by atoms with Gasteiger partial charge in [-0.15, -0.1) is 0 Å². The Bertz CT molecular complexity index is 484. The third-order valence-electron chi connectivity index (χ3n) is 3.15. The fourth-order valence-corrected chi connectivity index (χ4v) is 2.34. The van der Waals surface area contributed by atoms with E-state index in [4.69, 9.17) is 10.00 Å². The first-order valence-electron chi connectivity index (χ1n) is 6.31. The Balaban J connectivity index is 2.18. The van der Waals surface area contributed by atoms with Crippen LogP contribution in [0.4, 0.5) is 10.1 Å². The van der Waals surface area contributed by atoms with Crippen molar-refractivity contribution in [1.82, 2.24) is 4.90 Å². The Hall–Kier alpha value is -1.64. The van der Waals surface area contributed by atoms with Crippen LogP contribution < -0.4 is 4.90 Å². The zero-order valence-corrected chi connectivity index (χ0v) is 11.3. The van der Waals surface area contributed by atoms with Crippen LogP contribution in [0.15, 0.2) is 18.2 Å². The molecular weight excluding hydrogens is 245 g/mol. The molecule has 0 saturated carbocycles. The van der Waals surface area contributed by atoms with Crippen LogP contribution >= 0.6 is 0 Å². The summed E-state index contributed by atoms with van der Waals surface area (Å²) in [7, 11) is 3.98.